The molecule has 1 atom stereocenters. The fourth-order valence-corrected chi connectivity index (χ4v) is 4.47. The molecule has 1 N–H and O–H groups in total. The molecule has 0 aliphatic carbocycles. The molecule has 0 radical (unpaired) electrons. The predicted molar refractivity (Wildman–Crippen MR) is 142 cm³/mol. The van der Waals surface area contributed by atoms with Crippen LogP contribution in [0.15, 0.2) is 66.7 Å². The first-order chi connectivity index (χ1) is 18.0. The van der Waals surface area contributed by atoms with Crippen molar-refractivity contribution < 1.29 is 23.8 Å². The zero-order valence-corrected chi connectivity index (χ0v) is 21.7. The van der Waals surface area contributed by atoms with E-state index >= 15 is 0 Å². The van der Waals surface area contributed by atoms with Crippen LogP contribution in [0.2, 0.25) is 0 Å². The molecule has 37 heavy (non-hydrogen) atoms. The van der Waals surface area contributed by atoms with Crippen LogP contribution < -0.4 is 14.8 Å². The van der Waals surface area contributed by atoms with Crippen LogP contribution in [0, 0.1) is 0 Å². The third kappa shape index (κ3) is 5.70. The van der Waals surface area contributed by atoms with E-state index in [1.807, 2.05) is 54.6 Å². The molecule has 1 aliphatic heterocycles. The number of benzene rings is 3. The van der Waals surface area contributed by atoms with Crippen LogP contribution in [0.4, 0.5) is 5.69 Å². The molecule has 0 saturated carbocycles. The maximum atomic E-state index is 13.0. The van der Waals surface area contributed by atoms with E-state index in [4.69, 9.17) is 14.2 Å². The van der Waals surface area contributed by atoms with Gasteiger partial charge in [-0.25, -0.2) is 0 Å². The summed E-state index contributed by atoms with van der Waals surface area (Å²) < 4.78 is 15.9. The number of carbonyl (C=O) groups is 2. The topological polar surface area (TPSA) is 80.3 Å². The van der Waals surface area contributed by atoms with Crippen LogP contribution in [0.1, 0.15) is 38.0 Å². The van der Waals surface area contributed by atoms with E-state index < -0.39 is 0 Å². The normalized spacial score (nSPS) is 14.3. The number of hydrogen-bond donors (Lipinski definition) is 1. The fraction of sp³-hybridized carbons (Fsp3) is 0.310. The van der Waals surface area contributed by atoms with Crippen molar-refractivity contribution in [3.63, 3.8) is 0 Å². The second-order valence-corrected chi connectivity index (χ2v) is 8.87. The Balaban J connectivity index is 1.40. The molecule has 1 heterocycles. The number of nitrogens with zero attached hydrogens (tertiary/aromatic N) is 2. The van der Waals surface area contributed by atoms with Gasteiger partial charge in [0.1, 0.15) is 6.17 Å². The summed E-state index contributed by atoms with van der Waals surface area (Å²) in [6.07, 6.45) is 0.388. The average Bonchev–Trinajstić information content (AvgIpc) is 3.20. The minimum absolute atomic E-state index is 0.0203. The zero-order chi connectivity index (χ0) is 26.4. The third-order valence-corrected chi connectivity index (χ3v) is 6.56. The van der Waals surface area contributed by atoms with E-state index in [-0.39, 0.29) is 18.0 Å². The van der Waals surface area contributed by atoms with E-state index in [2.05, 4.69) is 5.32 Å². The maximum Gasteiger partial charge on any atom is 0.256 e. The van der Waals surface area contributed by atoms with Crippen LogP contribution in [-0.2, 0) is 11.2 Å². The number of carbonyl (C=O) groups excluding carboxylic acids is 2. The number of fused-ring (bicyclic) bond motifs is 1. The molecule has 0 aromatic heterocycles. The fourth-order valence-electron chi connectivity index (χ4n) is 4.47. The number of rotatable bonds is 11. The Labute approximate surface area is 217 Å². The molecule has 0 saturated heterocycles. The number of anilines is 1. The Morgan fingerprint density at radius 3 is 2.41 bits per heavy atom. The summed E-state index contributed by atoms with van der Waals surface area (Å²) in [6.45, 7) is 1.48. The highest BCUT2D eigenvalue weighted by Crippen LogP contribution is 2.34. The summed E-state index contributed by atoms with van der Waals surface area (Å²) in [5.41, 5.74) is 4.10. The molecule has 0 bridgehead atoms. The van der Waals surface area contributed by atoms with Crippen LogP contribution >= 0.6 is 0 Å². The van der Waals surface area contributed by atoms with Crippen LogP contribution in [0.3, 0.4) is 0 Å². The molecule has 2 amide bonds. The van der Waals surface area contributed by atoms with Gasteiger partial charge in [-0.3, -0.25) is 9.59 Å². The molecule has 3 aromatic carbocycles. The highest BCUT2D eigenvalue weighted by atomic mass is 16.5. The highest BCUT2D eigenvalue weighted by molar-refractivity contribution is 5.99. The van der Waals surface area contributed by atoms with Gasteiger partial charge in [0, 0.05) is 49.6 Å². The lowest BCUT2D eigenvalue weighted by Crippen LogP contribution is -2.35. The molecule has 1 unspecified atom stereocenters. The van der Waals surface area contributed by atoms with Gasteiger partial charge in [-0.15, -0.1) is 0 Å². The van der Waals surface area contributed by atoms with Gasteiger partial charge < -0.3 is 29.3 Å². The second-order valence-electron chi connectivity index (χ2n) is 8.87. The van der Waals surface area contributed by atoms with E-state index in [9.17, 15) is 9.59 Å². The summed E-state index contributed by atoms with van der Waals surface area (Å²) in [6, 6.07) is 20.7. The first-order valence-corrected chi connectivity index (χ1v) is 12.2. The highest BCUT2D eigenvalue weighted by Gasteiger charge is 2.36. The van der Waals surface area contributed by atoms with Gasteiger partial charge in [-0.2, -0.15) is 0 Å². The summed E-state index contributed by atoms with van der Waals surface area (Å²) in [5.74, 6) is 1.27. The van der Waals surface area contributed by atoms with Crippen LogP contribution in [-0.4, -0.2) is 69.7 Å². The molecule has 194 valence electrons. The lowest BCUT2D eigenvalue weighted by molar-refractivity contribution is 0.0674. The lowest BCUT2D eigenvalue weighted by Gasteiger charge is -2.27. The lowest BCUT2D eigenvalue weighted by atomic mass is 10.1. The molecule has 1 aliphatic rings. The molecule has 8 nitrogen and oxygen atoms in total. The number of likely N-dealkylation sites (N-methyl/N-ethyl adjacent to an activating group) is 1. The first-order valence-electron chi connectivity index (χ1n) is 12.2. The summed E-state index contributed by atoms with van der Waals surface area (Å²) in [4.78, 5) is 29.4. The Morgan fingerprint density at radius 1 is 0.973 bits per heavy atom. The van der Waals surface area contributed by atoms with Gasteiger partial charge in [0.2, 0.25) is 0 Å². The first kappa shape index (κ1) is 26.0. The van der Waals surface area contributed by atoms with Crippen LogP contribution in [0.5, 0.6) is 11.5 Å². The monoisotopic (exact) mass is 503 g/mol. The quantitative estimate of drug-likeness (QED) is 0.422. The van der Waals surface area contributed by atoms with Crippen LogP contribution in [0.25, 0.3) is 0 Å². The van der Waals surface area contributed by atoms with Crippen molar-refractivity contribution in [2.45, 2.75) is 12.6 Å². The van der Waals surface area contributed by atoms with Crippen molar-refractivity contribution >= 4 is 17.5 Å². The summed E-state index contributed by atoms with van der Waals surface area (Å²) >= 11 is 0. The molecular weight excluding hydrogens is 470 g/mol. The smallest absolute Gasteiger partial charge is 0.256 e. The van der Waals surface area contributed by atoms with Crippen molar-refractivity contribution in [1.29, 1.82) is 0 Å². The standard InChI is InChI=1S/C29H33N3O5/c1-31(16-15-20-9-14-25(36-3)26(19-20)37-4)28(33)21-10-12-22(13-11-21)30-27-23-7-5-6-8-24(23)29(34)32(27)17-18-35-2/h5-14,19,27,30H,15-18H2,1-4H3. The summed E-state index contributed by atoms with van der Waals surface area (Å²) in [7, 11) is 6.63. The van der Waals surface area contributed by atoms with E-state index in [0.717, 1.165) is 16.8 Å². The number of hydrogen-bond acceptors (Lipinski definition) is 6. The van der Waals surface area contributed by atoms with E-state index in [0.29, 0.717) is 48.7 Å². The number of ether oxygens (including phenoxy) is 3. The summed E-state index contributed by atoms with van der Waals surface area (Å²) in [5, 5.41) is 3.45. The Morgan fingerprint density at radius 2 is 1.70 bits per heavy atom. The minimum Gasteiger partial charge on any atom is -0.493 e. The number of nitrogens with one attached hydrogen (secondary N) is 1. The number of methoxy groups -OCH3 is 3. The van der Waals surface area contributed by atoms with Gasteiger partial charge in [-0.05, 0) is 54.4 Å². The van der Waals surface area contributed by atoms with E-state index in [1.54, 1.807) is 50.3 Å². The maximum absolute atomic E-state index is 13.0. The molecule has 3 aromatic rings. The largest absolute Gasteiger partial charge is 0.493 e. The second kappa shape index (κ2) is 11.8. The zero-order valence-electron chi connectivity index (χ0n) is 21.7. The van der Waals surface area contributed by atoms with Crippen molar-refractivity contribution in [2.24, 2.45) is 0 Å². The Kier molecular flexibility index (Phi) is 8.30. The van der Waals surface area contributed by atoms with Gasteiger partial charge in [0.15, 0.2) is 11.5 Å². The Hall–Kier alpha value is -4.04. The van der Waals surface area contributed by atoms with Gasteiger partial charge in [0.05, 0.1) is 20.8 Å². The molecule has 8 heteroatoms. The molecule has 0 fully saturated rings. The molecule has 0 spiro atoms. The van der Waals surface area contributed by atoms with Gasteiger partial charge in [-0.1, -0.05) is 24.3 Å². The Bertz CT molecular complexity index is 1240. The van der Waals surface area contributed by atoms with Crippen molar-refractivity contribution in [3.8, 4) is 11.5 Å². The van der Waals surface area contributed by atoms with Crippen molar-refractivity contribution in [3.05, 3.63) is 89.0 Å². The predicted octanol–water partition coefficient (Wildman–Crippen LogP) is 4.23. The van der Waals surface area contributed by atoms with Crippen molar-refractivity contribution in [2.75, 3.05) is 53.4 Å². The average molecular weight is 504 g/mol. The molecular formula is C29H33N3O5. The third-order valence-electron chi connectivity index (χ3n) is 6.56. The SMILES string of the molecule is COCCN1C(=O)c2ccccc2C1Nc1ccc(C(=O)N(C)CCc2ccc(OC)c(OC)c2)cc1. The minimum atomic E-state index is -0.301. The van der Waals surface area contributed by atoms with Gasteiger partial charge in [0.25, 0.3) is 11.8 Å². The molecule has 4 rings (SSSR count). The number of amides is 2. The van der Waals surface area contributed by atoms with Gasteiger partial charge >= 0.3 is 0 Å². The van der Waals surface area contributed by atoms with Crippen molar-refractivity contribution in [1.82, 2.24) is 9.80 Å². The van der Waals surface area contributed by atoms with E-state index in [1.165, 1.54) is 0 Å².